The van der Waals surface area contributed by atoms with Crippen LogP contribution in [0, 0.1) is 5.92 Å². The highest BCUT2D eigenvalue weighted by molar-refractivity contribution is 4.83. The first kappa shape index (κ1) is 15.1. The van der Waals surface area contributed by atoms with Gasteiger partial charge in [0.25, 0.3) is 0 Å². The molecule has 2 aliphatic rings. The van der Waals surface area contributed by atoms with E-state index >= 15 is 0 Å². The maximum Gasteiger partial charge on any atom is 0.394 e. The van der Waals surface area contributed by atoms with Crippen molar-refractivity contribution >= 4 is 0 Å². The molecule has 1 aliphatic carbocycles. The van der Waals surface area contributed by atoms with E-state index in [0.29, 0.717) is 12.6 Å². The summed E-state index contributed by atoms with van der Waals surface area (Å²) in [5.41, 5.74) is 0. The molecule has 19 heavy (non-hydrogen) atoms. The monoisotopic (exact) mass is 278 g/mol. The van der Waals surface area contributed by atoms with Crippen molar-refractivity contribution in [3.8, 4) is 0 Å². The van der Waals surface area contributed by atoms with Crippen molar-refractivity contribution < 1.29 is 13.2 Å². The van der Waals surface area contributed by atoms with Gasteiger partial charge in [0.15, 0.2) is 0 Å². The maximum atomic E-state index is 12.9. The second-order valence-corrected chi connectivity index (χ2v) is 5.94. The van der Waals surface area contributed by atoms with Crippen molar-refractivity contribution in [1.29, 1.82) is 0 Å². The predicted octanol–water partition coefficient (Wildman–Crippen LogP) is 3.18. The largest absolute Gasteiger partial charge is 0.394 e. The predicted molar refractivity (Wildman–Crippen MR) is 70.1 cm³/mol. The Hall–Kier alpha value is -0.290. The second kappa shape index (κ2) is 6.93. The molecule has 1 saturated carbocycles. The standard InChI is InChI=1S/C14H25F3N2/c15-14(16,17)12-10-18-8-9-19(11-12)13-6-4-2-1-3-5-7-13/h12-13,18H,1-11H2. The van der Waals surface area contributed by atoms with Gasteiger partial charge >= 0.3 is 6.18 Å². The number of halogens is 3. The molecule has 2 fully saturated rings. The lowest BCUT2D eigenvalue weighted by molar-refractivity contribution is -0.177. The van der Waals surface area contributed by atoms with Crippen molar-refractivity contribution in [2.24, 2.45) is 5.92 Å². The molecule has 1 aliphatic heterocycles. The summed E-state index contributed by atoms with van der Waals surface area (Å²) in [4.78, 5) is 2.10. The molecule has 0 radical (unpaired) electrons. The summed E-state index contributed by atoms with van der Waals surface area (Å²) in [6.45, 7) is 1.70. The van der Waals surface area contributed by atoms with Crippen molar-refractivity contribution in [3.63, 3.8) is 0 Å². The fraction of sp³-hybridized carbons (Fsp3) is 1.00. The minimum Gasteiger partial charge on any atom is -0.315 e. The SMILES string of the molecule is FC(F)(F)C1CNCCN(C2CCCCCCC2)C1. The molecule has 1 N–H and O–H groups in total. The number of alkyl halides is 3. The van der Waals surface area contributed by atoms with E-state index < -0.39 is 12.1 Å². The summed E-state index contributed by atoms with van der Waals surface area (Å²) in [6.07, 6.45) is 4.19. The molecule has 0 aromatic heterocycles. The van der Waals surface area contributed by atoms with E-state index in [1.165, 1.54) is 32.1 Å². The first-order chi connectivity index (χ1) is 9.07. The van der Waals surface area contributed by atoms with Crippen LogP contribution in [0.5, 0.6) is 0 Å². The minimum absolute atomic E-state index is 0.0761. The molecule has 0 amide bonds. The number of nitrogens with one attached hydrogen (secondary N) is 1. The average Bonchev–Trinajstić information content (AvgIpc) is 2.53. The molecule has 0 spiro atoms. The van der Waals surface area contributed by atoms with Crippen LogP contribution in [0.25, 0.3) is 0 Å². The number of rotatable bonds is 1. The van der Waals surface area contributed by atoms with Crippen molar-refractivity contribution in [2.45, 2.75) is 57.2 Å². The third-order valence-corrected chi connectivity index (χ3v) is 4.48. The minimum atomic E-state index is -4.07. The van der Waals surface area contributed by atoms with Gasteiger partial charge in [0.1, 0.15) is 0 Å². The summed E-state index contributed by atoms with van der Waals surface area (Å²) in [5.74, 6) is -1.21. The summed E-state index contributed by atoms with van der Waals surface area (Å²) in [6, 6.07) is 0.366. The van der Waals surface area contributed by atoms with E-state index in [9.17, 15) is 13.2 Å². The van der Waals surface area contributed by atoms with Gasteiger partial charge in [-0.1, -0.05) is 32.1 Å². The maximum absolute atomic E-state index is 12.9. The number of nitrogens with zero attached hydrogens (tertiary/aromatic N) is 1. The first-order valence-corrected chi connectivity index (χ1v) is 7.59. The van der Waals surface area contributed by atoms with Crippen LogP contribution in [0.4, 0.5) is 13.2 Å². The van der Waals surface area contributed by atoms with Crippen LogP contribution in [-0.4, -0.2) is 43.3 Å². The topological polar surface area (TPSA) is 15.3 Å². The van der Waals surface area contributed by atoms with Crippen LogP contribution in [-0.2, 0) is 0 Å². The average molecular weight is 278 g/mol. The van der Waals surface area contributed by atoms with Crippen molar-refractivity contribution in [2.75, 3.05) is 26.2 Å². The van der Waals surface area contributed by atoms with Gasteiger partial charge in [-0.05, 0) is 12.8 Å². The van der Waals surface area contributed by atoms with E-state index in [4.69, 9.17) is 0 Å². The lowest BCUT2D eigenvalue weighted by atomic mass is 9.95. The van der Waals surface area contributed by atoms with Gasteiger partial charge in [-0.15, -0.1) is 0 Å². The van der Waals surface area contributed by atoms with Crippen LogP contribution < -0.4 is 5.32 Å². The summed E-state index contributed by atoms with van der Waals surface area (Å²) >= 11 is 0. The van der Waals surface area contributed by atoms with Crippen LogP contribution in [0.3, 0.4) is 0 Å². The van der Waals surface area contributed by atoms with E-state index in [2.05, 4.69) is 10.2 Å². The first-order valence-electron chi connectivity index (χ1n) is 7.59. The molecule has 112 valence electrons. The zero-order chi connectivity index (χ0) is 13.7. The van der Waals surface area contributed by atoms with E-state index in [-0.39, 0.29) is 13.1 Å². The summed E-state index contributed by atoms with van der Waals surface area (Å²) in [5, 5.41) is 2.94. The third kappa shape index (κ3) is 4.63. The van der Waals surface area contributed by atoms with Gasteiger partial charge in [0, 0.05) is 32.2 Å². The zero-order valence-electron chi connectivity index (χ0n) is 11.5. The molecular formula is C14H25F3N2. The molecule has 2 nitrogen and oxygen atoms in total. The molecule has 2 rings (SSSR count). The Labute approximate surface area is 113 Å². The van der Waals surface area contributed by atoms with Gasteiger partial charge in [-0.25, -0.2) is 0 Å². The highest BCUT2D eigenvalue weighted by Gasteiger charge is 2.41. The smallest absolute Gasteiger partial charge is 0.315 e. The van der Waals surface area contributed by atoms with Gasteiger partial charge in [0.2, 0.25) is 0 Å². The normalized spacial score (nSPS) is 29.5. The third-order valence-electron chi connectivity index (χ3n) is 4.48. The lowest BCUT2D eigenvalue weighted by Crippen LogP contribution is -2.43. The summed E-state index contributed by atoms with van der Waals surface area (Å²) in [7, 11) is 0. The van der Waals surface area contributed by atoms with Gasteiger partial charge < -0.3 is 5.32 Å². The van der Waals surface area contributed by atoms with Crippen LogP contribution in [0.1, 0.15) is 44.9 Å². The van der Waals surface area contributed by atoms with E-state index in [0.717, 1.165) is 19.4 Å². The molecule has 1 saturated heterocycles. The number of hydrogen-bond donors (Lipinski definition) is 1. The lowest BCUT2D eigenvalue weighted by Gasteiger charge is -2.34. The fourth-order valence-electron chi connectivity index (χ4n) is 3.29. The Balaban J connectivity index is 1.96. The zero-order valence-corrected chi connectivity index (χ0v) is 11.5. The van der Waals surface area contributed by atoms with Crippen LogP contribution >= 0.6 is 0 Å². The van der Waals surface area contributed by atoms with Crippen LogP contribution in [0.15, 0.2) is 0 Å². The fourth-order valence-corrected chi connectivity index (χ4v) is 3.29. The highest BCUT2D eigenvalue weighted by atomic mass is 19.4. The second-order valence-electron chi connectivity index (χ2n) is 5.94. The van der Waals surface area contributed by atoms with Gasteiger partial charge in [0.05, 0.1) is 5.92 Å². The molecule has 1 heterocycles. The Bertz CT molecular complexity index is 260. The summed E-state index contributed by atoms with van der Waals surface area (Å²) < 4.78 is 38.8. The molecule has 0 aromatic rings. The Morgan fingerprint density at radius 1 is 0.947 bits per heavy atom. The van der Waals surface area contributed by atoms with Gasteiger partial charge in [-0.2, -0.15) is 13.2 Å². The molecule has 5 heteroatoms. The molecule has 1 atom stereocenters. The van der Waals surface area contributed by atoms with E-state index in [1.807, 2.05) is 0 Å². The van der Waals surface area contributed by atoms with Gasteiger partial charge in [-0.3, -0.25) is 4.90 Å². The highest BCUT2D eigenvalue weighted by Crippen LogP contribution is 2.30. The molecule has 1 unspecified atom stereocenters. The Morgan fingerprint density at radius 2 is 1.58 bits per heavy atom. The van der Waals surface area contributed by atoms with Crippen molar-refractivity contribution in [3.05, 3.63) is 0 Å². The molecular weight excluding hydrogens is 253 g/mol. The molecule has 0 bridgehead atoms. The molecule has 0 aromatic carbocycles. The van der Waals surface area contributed by atoms with Crippen LogP contribution in [0.2, 0.25) is 0 Å². The quantitative estimate of drug-likeness (QED) is 0.792. The van der Waals surface area contributed by atoms with E-state index in [1.54, 1.807) is 0 Å². The Morgan fingerprint density at radius 3 is 2.21 bits per heavy atom. The Kier molecular flexibility index (Phi) is 5.51. The number of hydrogen-bond acceptors (Lipinski definition) is 2. The van der Waals surface area contributed by atoms with Crippen molar-refractivity contribution in [1.82, 2.24) is 10.2 Å².